The molecule has 0 radical (unpaired) electrons. The van der Waals surface area contributed by atoms with E-state index in [0.717, 1.165) is 0 Å². The van der Waals surface area contributed by atoms with E-state index in [-0.39, 0.29) is 18.3 Å². The molecule has 0 fully saturated rings. The Balaban J connectivity index is 2.49. The molecule has 6 heteroatoms. The molecular weight excluding hydrogens is 194 g/mol. The average molecular weight is 200 g/mol. The Labute approximate surface area is 78.8 Å². The zero-order chi connectivity index (χ0) is 9.42. The highest BCUT2D eigenvalue weighted by Gasteiger charge is 2.18. The molecule has 5 nitrogen and oxygen atoms in total. The van der Waals surface area contributed by atoms with Gasteiger partial charge in [0, 0.05) is 6.07 Å². The van der Waals surface area contributed by atoms with E-state index in [1.165, 1.54) is 6.07 Å². The number of nitrogen functional groups attached to an aromatic ring is 1. The first-order valence-corrected chi connectivity index (χ1v) is 3.93. The summed E-state index contributed by atoms with van der Waals surface area (Å²) in [5.41, 5.74) is 5.44. The number of amides is 1. The van der Waals surface area contributed by atoms with Crippen LogP contribution < -0.4 is 15.8 Å². The molecule has 0 aromatic carbocycles. The molecule has 0 saturated heterocycles. The van der Waals surface area contributed by atoms with Crippen LogP contribution >= 0.6 is 11.6 Å². The molecule has 1 amide bonds. The highest BCUT2D eigenvalue weighted by molar-refractivity contribution is 6.33. The molecule has 2 rings (SSSR count). The number of nitrogens with zero attached hydrogens (tertiary/aromatic N) is 1. The van der Waals surface area contributed by atoms with Crippen molar-refractivity contribution in [3.8, 4) is 5.75 Å². The summed E-state index contributed by atoms with van der Waals surface area (Å²) >= 11 is 5.70. The van der Waals surface area contributed by atoms with E-state index < -0.39 is 0 Å². The number of halogens is 1. The maximum atomic E-state index is 10.9. The number of pyridine rings is 1. The minimum absolute atomic E-state index is 0.0189. The Bertz CT molecular complexity index is 380. The highest BCUT2D eigenvalue weighted by Crippen LogP contribution is 2.31. The molecule has 68 valence electrons. The quantitative estimate of drug-likeness (QED) is 0.643. The van der Waals surface area contributed by atoms with Crippen LogP contribution in [-0.4, -0.2) is 17.5 Å². The van der Waals surface area contributed by atoms with Gasteiger partial charge in [-0.1, -0.05) is 11.6 Å². The number of ether oxygens (including phenoxy) is 1. The summed E-state index contributed by atoms with van der Waals surface area (Å²) in [6, 6.07) is 1.53. The predicted octanol–water partition coefficient (Wildman–Crippen LogP) is 0.648. The van der Waals surface area contributed by atoms with Crippen molar-refractivity contribution in [2.45, 2.75) is 0 Å². The number of nitrogens with one attached hydrogen (secondary N) is 1. The van der Waals surface area contributed by atoms with Gasteiger partial charge in [-0.15, -0.1) is 0 Å². The second-order valence-electron chi connectivity index (χ2n) is 2.54. The van der Waals surface area contributed by atoms with Gasteiger partial charge in [-0.25, -0.2) is 4.98 Å². The summed E-state index contributed by atoms with van der Waals surface area (Å²) < 4.78 is 5.06. The van der Waals surface area contributed by atoms with Gasteiger partial charge < -0.3 is 15.8 Å². The summed E-state index contributed by atoms with van der Waals surface area (Å²) in [5.74, 6) is 0.685. The van der Waals surface area contributed by atoms with E-state index in [9.17, 15) is 4.79 Å². The molecule has 0 spiro atoms. The molecule has 3 N–H and O–H groups in total. The van der Waals surface area contributed by atoms with E-state index in [1.807, 2.05) is 0 Å². The topological polar surface area (TPSA) is 77.2 Å². The van der Waals surface area contributed by atoms with Crippen LogP contribution in [0.1, 0.15) is 0 Å². The van der Waals surface area contributed by atoms with Crippen LogP contribution in [-0.2, 0) is 4.79 Å². The van der Waals surface area contributed by atoms with E-state index in [1.54, 1.807) is 0 Å². The number of carbonyl (C=O) groups excluding carboxylic acids is 1. The summed E-state index contributed by atoms with van der Waals surface area (Å²) in [5, 5.41) is 2.83. The molecule has 0 bridgehead atoms. The Morgan fingerprint density at radius 2 is 2.46 bits per heavy atom. The van der Waals surface area contributed by atoms with Crippen molar-refractivity contribution >= 4 is 29.1 Å². The monoisotopic (exact) mass is 199 g/mol. The molecular formula is C7H6ClN3O2. The first-order chi connectivity index (χ1) is 6.16. The van der Waals surface area contributed by atoms with Crippen molar-refractivity contribution in [1.29, 1.82) is 0 Å². The zero-order valence-electron chi connectivity index (χ0n) is 6.50. The lowest BCUT2D eigenvalue weighted by Crippen LogP contribution is -2.26. The smallest absolute Gasteiger partial charge is 0.263 e. The van der Waals surface area contributed by atoms with Gasteiger partial charge in [-0.2, -0.15) is 0 Å². The number of aromatic nitrogens is 1. The normalized spacial score (nSPS) is 14.4. The van der Waals surface area contributed by atoms with Crippen LogP contribution in [0.2, 0.25) is 5.02 Å². The maximum absolute atomic E-state index is 10.9. The van der Waals surface area contributed by atoms with Crippen LogP contribution in [0.25, 0.3) is 0 Å². The van der Waals surface area contributed by atoms with Crippen molar-refractivity contribution < 1.29 is 9.53 Å². The third-order valence-corrected chi connectivity index (χ3v) is 1.89. The van der Waals surface area contributed by atoms with Crippen molar-refractivity contribution in [3.05, 3.63) is 11.1 Å². The third-order valence-electron chi connectivity index (χ3n) is 1.58. The Morgan fingerprint density at radius 3 is 3.23 bits per heavy atom. The third kappa shape index (κ3) is 1.38. The molecule has 0 aliphatic carbocycles. The van der Waals surface area contributed by atoms with E-state index in [4.69, 9.17) is 22.1 Å². The standard InChI is InChI=1S/C7H6ClN3O2/c8-3-1-4-7(11-6(3)9)10-5(12)2-13-4/h1H,2H2,(H3,9,10,11,12). The fourth-order valence-corrected chi connectivity index (χ4v) is 1.14. The van der Waals surface area contributed by atoms with Gasteiger partial charge in [0.25, 0.3) is 5.91 Å². The lowest BCUT2D eigenvalue weighted by molar-refractivity contribution is -0.118. The summed E-state index contributed by atoms with van der Waals surface area (Å²) in [4.78, 5) is 14.7. The van der Waals surface area contributed by atoms with E-state index >= 15 is 0 Å². The summed E-state index contributed by atoms with van der Waals surface area (Å²) in [7, 11) is 0. The van der Waals surface area contributed by atoms with Crippen LogP contribution in [0.15, 0.2) is 6.07 Å². The second-order valence-corrected chi connectivity index (χ2v) is 2.95. The average Bonchev–Trinajstić information content (AvgIpc) is 2.08. The highest BCUT2D eigenvalue weighted by atomic mass is 35.5. The lowest BCUT2D eigenvalue weighted by Gasteiger charge is -2.17. The van der Waals surface area contributed by atoms with Gasteiger partial charge in [0.05, 0.1) is 5.02 Å². The minimum atomic E-state index is -0.248. The molecule has 2 heterocycles. The Morgan fingerprint density at radius 1 is 1.69 bits per heavy atom. The largest absolute Gasteiger partial charge is 0.480 e. The van der Waals surface area contributed by atoms with Gasteiger partial charge in [0.1, 0.15) is 5.82 Å². The molecule has 1 aromatic heterocycles. The number of nitrogens with two attached hydrogens (primary N) is 1. The number of fused-ring (bicyclic) bond motifs is 1. The first-order valence-electron chi connectivity index (χ1n) is 3.55. The second kappa shape index (κ2) is 2.77. The SMILES string of the molecule is Nc1nc2c(cc1Cl)OCC(=O)N2. The summed E-state index contributed by atoms with van der Waals surface area (Å²) in [6.45, 7) is -0.0189. The molecule has 1 aromatic rings. The van der Waals surface area contributed by atoms with Crippen molar-refractivity contribution in [2.24, 2.45) is 0 Å². The molecule has 13 heavy (non-hydrogen) atoms. The van der Waals surface area contributed by atoms with Gasteiger partial charge in [0.2, 0.25) is 0 Å². The molecule has 0 saturated carbocycles. The fourth-order valence-electron chi connectivity index (χ4n) is 0.997. The number of hydrogen-bond acceptors (Lipinski definition) is 4. The van der Waals surface area contributed by atoms with Crippen molar-refractivity contribution in [3.63, 3.8) is 0 Å². The molecule has 1 aliphatic rings. The summed E-state index contributed by atoms with van der Waals surface area (Å²) in [6.07, 6.45) is 0. The predicted molar refractivity (Wildman–Crippen MR) is 47.8 cm³/mol. The van der Waals surface area contributed by atoms with Gasteiger partial charge in [-0.3, -0.25) is 4.79 Å². The number of carbonyl (C=O) groups is 1. The van der Waals surface area contributed by atoms with Crippen LogP contribution in [0.5, 0.6) is 5.75 Å². The minimum Gasteiger partial charge on any atom is -0.480 e. The van der Waals surface area contributed by atoms with Crippen molar-refractivity contribution in [2.75, 3.05) is 17.7 Å². The maximum Gasteiger partial charge on any atom is 0.263 e. The first kappa shape index (κ1) is 8.12. The number of hydrogen-bond donors (Lipinski definition) is 2. The number of anilines is 2. The Hall–Kier alpha value is -1.49. The molecule has 0 unspecified atom stereocenters. The lowest BCUT2D eigenvalue weighted by atomic mass is 10.3. The molecule has 1 aliphatic heterocycles. The zero-order valence-corrected chi connectivity index (χ0v) is 7.26. The Kier molecular flexibility index (Phi) is 1.73. The van der Waals surface area contributed by atoms with Crippen LogP contribution in [0, 0.1) is 0 Å². The van der Waals surface area contributed by atoms with E-state index in [2.05, 4.69) is 10.3 Å². The van der Waals surface area contributed by atoms with Crippen LogP contribution in [0.3, 0.4) is 0 Å². The van der Waals surface area contributed by atoms with Gasteiger partial charge in [-0.05, 0) is 0 Å². The number of rotatable bonds is 0. The fraction of sp³-hybridized carbons (Fsp3) is 0.143. The molecule has 0 atom stereocenters. The van der Waals surface area contributed by atoms with Crippen LogP contribution in [0.4, 0.5) is 11.6 Å². The van der Waals surface area contributed by atoms with E-state index in [0.29, 0.717) is 16.6 Å². The van der Waals surface area contributed by atoms with Gasteiger partial charge >= 0.3 is 0 Å². The van der Waals surface area contributed by atoms with Crippen molar-refractivity contribution in [1.82, 2.24) is 4.98 Å². The van der Waals surface area contributed by atoms with Gasteiger partial charge in [0.15, 0.2) is 18.2 Å².